The predicted octanol–water partition coefficient (Wildman–Crippen LogP) is 2.61. The van der Waals surface area contributed by atoms with Gasteiger partial charge < -0.3 is 14.8 Å². The molecule has 0 amide bonds. The summed E-state index contributed by atoms with van der Waals surface area (Å²) in [6, 6.07) is 4.05. The lowest BCUT2D eigenvalue weighted by Gasteiger charge is -2.12. The Bertz CT molecular complexity index is 322. The van der Waals surface area contributed by atoms with Crippen molar-refractivity contribution in [2.75, 3.05) is 31.8 Å². The summed E-state index contributed by atoms with van der Waals surface area (Å²) in [5.41, 5.74) is 1.15. The van der Waals surface area contributed by atoms with Gasteiger partial charge in [0.1, 0.15) is 0 Å². The van der Waals surface area contributed by atoms with Crippen LogP contribution in [-0.2, 0) is 0 Å². The monoisotopic (exact) mass is 225 g/mol. The second-order valence-electron chi connectivity index (χ2n) is 3.33. The first-order valence-electron chi connectivity index (χ1n) is 4.98. The lowest BCUT2D eigenvalue weighted by Crippen LogP contribution is -2.00. The Hall–Kier alpha value is -1.03. The molecular formula is C11H15NO2S. The van der Waals surface area contributed by atoms with Crippen LogP contribution in [0.4, 0.5) is 5.69 Å². The number of hydrogen-bond donors (Lipinski definition) is 1. The number of benzene rings is 1. The quantitative estimate of drug-likeness (QED) is 0.838. The van der Waals surface area contributed by atoms with Crippen molar-refractivity contribution in [2.24, 2.45) is 0 Å². The number of methoxy groups -OCH3 is 2. The van der Waals surface area contributed by atoms with E-state index in [-0.39, 0.29) is 0 Å². The number of thioether (sulfide) groups is 1. The highest BCUT2D eigenvalue weighted by atomic mass is 32.2. The minimum Gasteiger partial charge on any atom is -0.493 e. The fraction of sp³-hybridized carbons (Fsp3) is 0.455. The maximum Gasteiger partial charge on any atom is 0.162 e. The third kappa shape index (κ3) is 2.15. The number of fused-ring (bicyclic) bond motifs is 1. The van der Waals surface area contributed by atoms with E-state index in [0.717, 1.165) is 29.5 Å². The number of hydrogen-bond acceptors (Lipinski definition) is 4. The Morgan fingerprint density at radius 1 is 1.20 bits per heavy atom. The molecule has 1 aromatic rings. The molecule has 1 heterocycles. The van der Waals surface area contributed by atoms with Crippen molar-refractivity contribution in [1.29, 1.82) is 0 Å². The smallest absolute Gasteiger partial charge is 0.162 e. The highest BCUT2D eigenvalue weighted by Crippen LogP contribution is 2.39. The van der Waals surface area contributed by atoms with Crippen LogP contribution in [-0.4, -0.2) is 26.5 Å². The van der Waals surface area contributed by atoms with Gasteiger partial charge in [0.25, 0.3) is 0 Å². The van der Waals surface area contributed by atoms with Gasteiger partial charge in [-0.05, 0) is 18.2 Å². The van der Waals surface area contributed by atoms with E-state index in [9.17, 15) is 0 Å². The van der Waals surface area contributed by atoms with Crippen LogP contribution in [0, 0.1) is 0 Å². The van der Waals surface area contributed by atoms with Crippen LogP contribution in [0.15, 0.2) is 17.0 Å². The summed E-state index contributed by atoms with van der Waals surface area (Å²) < 4.78 is 10.5. The molecule has 0 atom stereocenters. The van der Waals surface area contributed by atoms with Crippen LogP contribution in [0.2, 0.25) is 0 Å². The minimum atomic E-state index is 0.784. The van der Waals surface area contributed by atoms with Gasteiger partial charge in [0.05, 0.1) is 19.9 Å². The molecule has 0 spiro atoms. The largest absolute Gasteiger partial charge is 0.493 e. The molecular weight excluding hydrogens is 210 g/mol. The molecule has 3 nitrogen and oxygen atoms in total. The Labute approximate surface area is 94.2 Å². The van der Waals surface area contributed by atoms with Gasteiger partial charge in [-0.1, -0.05) is 0 Å². The topological polar surface area (TPSA) is 30.5 Å². The first kappa shape index (κ1) is 10.5. The van der Waals surface area contributed by atoms with Crippen LogP contribution < -0.4 is 14.8 Å². The summed E-state index contributed by atoms with van der Waals surface area (Å²) in [6.45, 7) is 1.02. The normalized spacial score (nSPS) is 14.8. The average molecular weight is 225 g/mol. The van der Waals surface area contributed by atoms with Crippen molar-refractivity contribution in [3.05, 3.63) is 12.1 Å². The molecule has 1 N–H and O–H groups in total. The third-order valence-electron chi connectivity index (χ3n) is 2.38. The van der Waals surface area contributed by atoms with Gasteiger partial charge in [0, 0.05) is 17.5 Å². The molecule has 82 valence electrons. The summed E-state index contributed by atoms with van der Waals surface area (Å²) in [7, 11) is 3.33. The minimum absolute atomic E-state index is 0.784. The molecule has 15 heavy (non-hydrogen) atoms. The molecule has 1 aromatic carbocycles. The molecule has 0 bridgehead atoms. The summed E-state index contributed by atoms with van der Waals surface area (Å²) in [5, 5.41) is 3.39. The van der Waals surface area contributed by atoms with Crippen LogP contribution >= 0.6 is 11.8 Å². The van der Waals surface area contributed by atoms with E-state index in [1.165, 1.54) is 11.3 Å². The molecule has 0 fully saturated rings. The molecule has 1 aliphatic heterocycles. The maximum absolute atomic E-state index is 5.28. The van der Waals surface area contributed by atoms with Gasteiger partial charge in [-0.25, -0.2) is 0 Å². The average Bonchev–Trinajstić information content (AvgIpc) is 2.51. The van der Waals surface area contributed by atoms with Gasteiger partial charge in [-0.15, -0.1) is 11.8 Å². The van der Waals surface area contributed by atoms with Crippen molar-refractivity contribution in [3.63, 3.8) is 0 Å². The molecule has 0 saturated heterocycles. The zero-order chi connectivity index (χ0) is 10.7. The van der Waals surface area contributed by atoms with Crippen LogP contribution in [0.5, 0.6) is 11.5 Å². The highest BCUT2D eigenvalue weighted by molar-refractivity contribution is 7.99. The van der Waals surface area contributed by atoms with Gasteiger partial charge in [-0.2, -0.15) is 0 Å². The van der Waals surface area contributed by atoms with Gasteiger partial charge in [-0.3, -0.25) is 0 Å². The number of ether oxygens (including phenoxy) is 2. The first-order chi connectivity index (χ1) is 7.35. The van der Waals surface area contributed by atoms with Crippen LogP contribution in [0.1, 0.15) is 6.42 Å². The van der Waals surface area contributed by atoms with E-state index in [1.54, 1.807) is 14.2 Å². The van der Waals surface area contributed by atoms with Gasteiger partial charge in [0.15, 0.2) is 11.5 Å². The Morgan fingerprint density at radius 2 is 1.93 bits per heavy atom. The van der Waals surface area contributed by atoms with Crippen LogP contribution in [0.25, 0.3) is 0 Å². The number of anilines is 1. The molecule has 2 rings (SSSR count). The van der Waals surface area contributed by atoms with Crippen LogP contribution in [0.3, 0.4) is 0 Å². The molecule has 1 aliphatic rings. The fourth-order valence-corrected chi connectivity index (χ4v) is 2.58. The summed E-state index contributed by atoms with van der Waals surface area (Å²) in [5.74, 6) is 2.73. The zero-order valence-corrected chi connectivity index (χ0v) is 9.82. The van der Waals surface area contributed by atoms with E-state index in [2.05, 4.69) is 5.32 Å². The Morgan fingerprint density at radius 3 is 2.67 bits per heavy atom. The van der Waals surface area contributed by atoms with E-state index >= 15 is 0 Å². The van der Waals surface area contributed by atoms with E-state index < -0.39 is 0 Å². The first-order valence-corrected chi connectivity index (χ1v) is 5.96. The van der Waals surface area contributed by atoms with Gasteiger partial charge in [0.2, 0.25) is 0 Å². The number of rotatable bonds is 2. The highest BCUT2D eigenvalue weighted by Gasteiger charge is 2.13. The predicted molar refractivity (Wildman–Crippen MR) is 63.4 cm³/mol. The van der Waals surface area contributed by atoms with Crippen molar-refractivity contribution < 1.29 is 9.47 Å². The second-order valence-corrected chi connectivity index (χ2v) is 4.47. The SMILES string of the molecule is COc1cc2c(cc1OC)SCCCN2. The molecule has 0 unspecified atom stereocenters. The van der Waals surface area contributed by atoms with Crippen molar-refractivity contribution in [3.8, 4) is 11.5 Å². The Kier molecular flexibility index (Phi) is 3.26. The lowest BCUT2D eigenvalue weighted by molar-refractivity contribution is 0.354. The summed E-state index contributed by atoms with van der Waals surface area (Å²) >= 11 is 1.86. The molecule has 0 aliphatic carbocycles. The zero-order valence-electron chi connectivity index (χ0n) is 9.00. The maximum atomic E-state index is 5.28. The summed E-state index contributed by atoms with van der Waals surface area (Å²) in [6.07, 6.45) is 1.18. The van der Waals surface area contributed by atoms with Crippen molar-refractivity contribution in [2.45, 2.75) is 11.3 Å². The summed E-state index contributed by atoms with van der Waals surface area (Å²) in [4.78, 5) is 1.24. The van der Waals surface area contributed by atoms with E-state index in [0.29, 0.717) is 0 Å². The van der Waals surface area contributed by atoms with Crippen molar-refractivity contribution >= 4 is 17.4 Å². The van der Waals surface area contributed by atoms with Crippen molar-refractivity contribution in [1.82, 2.24) is 0 Å². The third-order valence-corrected chi connectivity index (χ3v) is 3.52. The molecule has 0 aromatic heterocycles. The molecule has 0 saturated carbocycles. The molecule has 0 radical (unpaired) electrons. The number of nitrogens with one attached hydrogen (secondary N) is 1. The fourth-order valence-electron chi connectivity index (χ4n) is 1.60. The second kappa shape index (κ2) is 4.66. The van der Waals surface area contributed by atoms with Gasteiger partial charge >= 0.3 is 0 Å². The van der Waals surface area contributed by atoms with E-state index in [1.807, 2.05) is 23.9 Å². The molecule has 4 heteroatoms. The van der Waals surface area contributed by atoms with E-state index in [4.69, 9.17) is 9.47 Å². The Balaban J connectivity index is 2.41. The lowest BCUT2D eigenvalue weighted by atomic mass is 10.2. The standard InChI is InChI=1S/C11H15NO2S/c1-13-9-6-8-11(7-10(9)14-2)15-5-3-4-12-8/h6-7,12H,3-5H2,1-2H3.